The largest absolute Gasteiger partial charge is 0.301 e. The van der Waals surface area contributed by atoms with Gasteiger partial charge in [-0.2, -0.15) is 5.10 Å². The zero-order valence-electron chi connectivity index (χ0n) is 15.2. The van der Waals surface area contributed by atoms with Crippen molar-refractivity contribution >= 4 is 46.2 Å². The first kappa shape index (κ1) is 19.0. The van der Waals surface area contributed by atoms with Crippen molar-refractivity contribution in [3.63, 3.8) is 0 Å². The lowest BCUT2D eigenvalue weighted by molar-refractivity contribution is -0.118. The van der Waals surface area contributed by atoms with Crippen LogP contribution in [-0.4, -0.2) is 25.7 Å². The van der Waals surface area contributed by atoms with Gasteiger partial charge >= 0.3 is 0 Å². The Balaban J connectivity index is 1.61. The number of thiazole rings is 1. The summed E-state index contributed by atoms with van der Waals surface area (Å²) in [5.41, 5.74) is 1.21. The number of anilines is 1. The highest BCUT2D eigenvalue weighted by molar-refractivity contribution is 7.71. The standard InChI is InChI=1S/C19H18ClN5OS2/c1-3-9-25-15(23-24-18(25)27)14-11(2)21-17(28-14)22-16(26)19(7-8-19)12-5-4-6-13(20)10-12/h3-6,10H,1,7-9H2,2H3,(H,24,27)(H,21,22,26). The van der Waals surface area contributed by atoms with Crippen LogP contribution in [0.15, 0.2) is 36.9 Å². The molecule has 0 bridgehead atoms. The molecular formula is C19H18ClN5OS2. The zero-order chi connectivity index (χ0) is 19.9. The molecule has 6 nitrogen and oxygen atoms in total. The summed E-state index contributed by atoms with van der Waals surface area (Å²) < 4.78 is 2.37. The fourth-order valence-corrected chi connectivity index (χ4v) is 4.58. The predicted octanol–water partition coefficient (Wildman–Crippen LogP) is 4.88. The summed E-state index contributed by atoms with van der Waals surface area (Å²) in [4.78, 5) is 18.4. The lowest BCUT2D eigenvalue weighted by atomic mass is 9.95. The highest BCUT2D eigenvalue weighted by Crippen LogP contribution is 2.49. The van der Waals surface area contributed by atoms with Gasteiger partial charge in [-0.1, -0.05) is 41.1 Å². The Morgan fingerprint density at radius 2 is 2.32 bits per heavy atom. The molecule has 0 spiro atoms. The Kier molecular flexibility index (Phi) is 4.95. The van der Waals surface area contributed by atoms with Crippen molar-refractivity contribution in [2.75, 3.05) is 5.32 Å². The van der Waals surface area contributed by atoms with Crippen molar-refractivity contribution in [2.24, 2.45) is 0 Å². The topological polar surface area (TPSA) is 75.6 Å². The van der Waals surface area contributed by atoms with E-state index in [1.54, 1.807) is 6.08 Å². The number of aromatic amines is 1. The number of carbonyl (C=O) groups excluding carboxylic acids is 1. The van der Waals surface area contributed by atoms with Crippen LogP contribution in [0.4, 0.5) is 5.13 Å². The minimum atomic E-state index is -0.520. The van der Waals surface area contributed by atoms with E-state index in [0.29, 0.717) is 27.3 Å². The van der Waals surface area contributed by atoms with Crippen LogP contribution >= 0.6 is 35.2 Å². The number of rotatable bonds is 6. The summed E-state index contributed by atoms with van der Waals surface area (Å²) in [6, 6.07) is 7.49. The average molecular weight is 432 g/mol. The summed E-state index contributed by atoms with van der Waals surface area (Å²) in [6.07, 6.45) is 3.36. The zero-order valence-corrected chi connectivity index (χ0v) is 17.5. The van der Waals surface area contributed by atoms with Crippen LogP contribution in [0.3, 0.4) is 0 Å². The number of H-pyrrole nitrogens is 1. The van der Waals surface area contributed by atoms with Crippen LogP contribution in [0.5, 0.6) is 0 Å². The van der Waals surface area contributed by atoms with E-state index >= 15 is 0 Å². The van der Waals surface area contributed by atoms with Gasteiger partial charge in [-0.3, -0.25) is 14.5 Å². The highest BCUT2D eigenvalue weighted by atomic mass is 35.5. The van der Waals surface area contributed by atoms with Gasteiger partial charge < -0.3 is 5.32 Å². The van der Waals surface area contributed by atoms with Crippen molar-refractivity contribution in [3.05, 3.63) is 58.0 Å². The number of nitrogens with zero attached hydrogens (tertiary/aromatic N) is 3. The molecule has 1 fully saturated rings. The fourth-order valence-electron chi connectivity index (χ4n) is 3.22. The Morgan fingerprint density at radius 1 is 1.54 bits per heavy atom. The molecule has 144 valence electrons. The molecule has 1 aliphatic rings. The molecule has 4 rings (SSSR count). The lowest BCUT2D eigenvalue weighted by Crippen LogP contribution is -2.27. The van der Waals surface area contributed by atoms with E-state index in [1.807, 2.05) is 35.8 Å². The van der Waals surface area contributed by atoms with Crippen LogP contribution in [0, 0.1) is 11.7 Å². The summed E-state index contributed by atoms with van der Waals surface area (Å²) in [5.74, 6) is 0.636. The van der Waals surface area contributed by atoms with E-state index < -0.39 is 5.41 Å². The van der Waals surface area contributed by atoms with Crippen molar-refractivity contribution in [2.45, 2.75) is 31.7 Å². The Bertz CT molecular complexity index is 1130. The predicted molar refractivity (Wildman–Crippen MR) is 114 cm³/mol. The first-order valence-corrected chi connectivity index (χ1v) is 10.4. The monoisotopic (exact) mass is 431 g/mol. The SMILES string of the molecule is C=CCn1c(-c2sc(NC(=O)C3(c4cccc(Cl)c4)CC3)nc2C)n[nH]c1=S. The molecule has 2 N–H and O–H groups in total. The van der Waals surface area contributed by atoms with Gasteiger partial charge in [0.15, 0.2) is 15.7 Å². The number of halogens is 1. The number of aromatic nitrogens is 4. The maximum atomic E-state index is 13.0. The summed E-state index contributed by atoms with van der Waals surface area (Å²) >= 11 is 12.8. The molecule has 1 aliphatic carbocycles. The minimum Gasteiger partial charge on any atom is -0.301 e. The maximum absolute atomic E-state index is 13.0. The summed E-state index contributed by atoms with van der Waals surface area (Å²) in [5, 5.41) is 11.3. The Labute approximate surface area is 176 Å². The molecule has 0 aliphatic heterocycles. The van der Waals surface area contributed by atoms with E-state index in [9.17, 15) is 4.79 Å². The van der Waals surface area contributed by atoms with Crippen LogP contribution < -0.4 is 5.32 Å². The van der Waals surface area contributed by atoms with E-state index in [1.165, 1.54) is 11.3 Å². The summed E-state index contributed by atoms with van der Waals surface area (Å²) in [6.45, 7) is 6.19. The van der Waals surface area contributed by atoms with Crippen LogP contribution in [0.2, 0.25) is 5.02 Å². The molecule has 9 heteroatoms. The van der Waals surface area contributed by atoms with Crippen molar-refractivity contribution in [3.8, 4) is 10.7 Å². The molecule has 1 aromatic carbocycles. The number of nitrogens with one attached hydrogen (secondary N) is 2. The quantitative estimate of drug-likeness (QED) is 0.430. The molecule has 1 amide bonds. The Morgan fingerprint density at radius 3 is 3.00 bits per heavy atom. The number of allylic oxidation sites excluding steroid dienone is 1. The lowest BCUT2D eigenvalue weighted by Gasteiger charge is -2.14. The second-order valence-electron chi connectivity index (χ2n) is 6.73. The van der Waals surface area contributed by atoms with Gasteiger partial charge in [0.25, 0.3) is 0 Å². The van der Waals surface area contributed by atoms with Gasteiger partial charge in [0.05, 0.1) is 16.0 Å². The van der Waals surface area contributed by atoms with Crippen molar-refractivity contribution < 1.29 is 4.79 Å². The molecule has 0 radical (unpaired) electrons. The second kappa shape index (κ2) is 7.27. The molecule has 2 aromatic heterocycles. The molecule has 28 heavy (non-hydrogen) atoms. The maximum Gasteiger partial charge on any atom is 0.236 e. The van der Waals surface area contributed by atoms with Gasteiger partial charge in [-0.25, -0.2) is 4.98 Å². The highest BCUT2D eigenvalue weighted by Gasteiger charge is 2.51. The molecule has 1 saturated carbocycles. The van der Waals surface area contributed by atoms with Gasteiger partial charge in [-0.15, -0.1) is 6.58 Å². The number of amides is 1. The van der Waals surface area contributed by atoms with Gasteiger partial charge in [-0.05, 0) is 49.7 Å². The van der Waals surface area contributed by atoms with E-state index in [-0.39, 0.29) is 5.91 Å². The minimum absolute atomic E-state index is 0.0555. The third kappa shape index (κ3) is 3.32. The van der Waals surface area contributed by atoms with Gasteiger partial charge in [0.2, 0.25) is 5.91 Å². The second-order valence-corrected chi connectivity index (χ2v) is 8.55. The van der Waals surface area contributed by atoms with Crippen LogP contribution in [0.1, 0.15) is 24.1 Å². The first-order chi connectivity index (χ1) is 13.4. The van der Waals surface area contributed by atoms with E-state index in [4.69, 9.17) is 23.8 Å². The van der Waals surface area contributed by atoms with E-state index in [2.05, 4.69) is 27.1 Å². The summed E-state index contributed by atoms with van der Waals surface area (Å²) in [7, 11) is 0. The first-order valence-electron chi connectivity index (χ1n) is 8.76. The third-order valence-electron chi connectivity index (χ3n) is 4.85. The number of hydrogen-bond donors (Lipinski definition) is 2. The average Bonchev–Trinajstić information content (AvgIpc) is 3.30. The normalized spacial score (nSPS) is 14.6. The molecular weight excluding hydrogens is 414 g/mol. The smallest absolute Gasteiger partial charge is 0.236 e. The van der Waals surface area contributed by atoms with Crippen molar-refractivity contribution in [1.29, 1.82) is 0 Å². The molecule has 3 aromatic rings. The van der Waals surface area contributed by atoms with Gasteiger partial charge in [0.1, 0.15) is 0 Å². The van der Waals surface area contributed by atoms with E-state index in [0.717, 1.165) is 29.0 Å². The number of aryl methyl sites for hydroxylation is 1. The molecule has 0 atom stereocenters. The number of carbonyl (C=O) groups is 1. The molecule has 0 saturated heterocycles. The van der Waals surface area contributed by atoms with Crippen LogP contribution in [-0.2, 0) is 16.8 Å². The Hall–Kier alpha value is -2.29. The van der Waals surface area contributed by atoms with Crippen LogP contribution in [0.25, 0.3) is 10.7 Å². The third-order valence-corrected chi connectivity index (χ3v) is 6.47. The molecule has 2 heterocycles. The van der Waals surface area contributed by atoms with Crippen molar-refractivity contribution in [1.82, 2.24) is 19.7 Å². The number of benzene rings is 1. The molecule has 0 unspecified atom stereocenters. The van der Waals surface area contributed by atoms with Gasteiger partial charge in [0, 0.05) is 11.6 Å². The fraction of sp³-hybridized carbons (Fsp3) is 0.263. The number of hydrogen-bond acceptors (Lipinski definition) is 5.